The van der Waals surface area contributed by atoms with Crippen molar-refractivity contribution in [3.63, 3.8) is 0 Å². The highest BCUT2D eigenvalue weighted by molar-refractivity contribution is 7.91. The van der Waals surface area contributed by atoms with Gasteiger partial charge in [0.25, 0.3) is 0 Å². The van der Waals surface area contributed by atoms with Crippen LogP contribution in [-0.4, -0.2) is 36.2 Å². The summed E-state index contributed by atoms with van der Waals surface area (Å²) in [6.45, 7) is 6.57. The third kappa shape index (κ3) is 4.95. The van der Waals surface area contributed by atoms with Gasteiger partial charge >= 0.3 is 0 Å². The molecule has 0 aliphatic carbocycles. The number of rotatable bonds is 8. The molecule has 0 aromatic carbocycles. The van der Waals surface area contributed by atoms with Crippen molar-refractivity contribution in [1.29, 1.82) is 0 Å². The fourth-order valence-corrected chi connectivity index (χ4v) is 3.10. The van der Waals surface area contributed by atoms with E-state index in [4.69, 9.17) is 0 Å². The molecule has 0 aliphatic heterocycles. The average Bonchev–Trinajstić information content (AvgIpc) is 2.67. The highest BCUT2D eigenvalue weighted by Crippen LogP contribution is 2.19. The summed E-state index contributed by atoms with van der Waals surface area (Å²) in [5.41, 5.74) is 2.11. The largest absolute Gasteiger partial charge is 0.309 e. The van der Waals surface area contributed by atoms with Gasteiger partial charge in [0.05, 0.1) is 17.1 Å². The Kier molecular flexibility index (Phi) is 6.00. The summed E-state index contributed by atoms with van der Waals surface area (Å²) < 4.78 is 24.9. The van der Waals surface area contributed by atoms with Crippen molar-refractivity contribution in [2.45, 2.75) is 39.7 Å². The molecule has 0 aliphatic rings. The molecule has 0 spiro atoms. The van der Waals surface area contributed by atoms with Gasteiger partial charge in [-0.25, -0.2) is 8.42 Å². The number of aryl methyl sites for hydroxylation is 2. The van der Waals surface area contributed by atoms with Crippen molar-refractivity contribution in [2.24, 2.45) is 7.05 Å². The maximum absolute atomic E-state index is 11.5. The molecule has 0 bridgehead atoms. The molecule has 0 saturated carbocycles. The third-order valence-corrected chi connectivity index (χ3v) is 5.02. The lowest BCUT2D eigenvalue weighted by molar-refractivity contribution is 0.474. The Morgan fingerprint density at radius 2 is 2.11 bits per heavy atom. The van der Waals surface area contributed by atoms with E-state index in [2.05, 4.69) is 23.4 Å². The minimum Gasteiger partial charge on any atom is -0.309 e. The van der Waals surface area contributed by atoms with E-state index in [1.54, 1.807) is 6.92 Å². The molecule has 110 valence electrons. The van der Waals surface area contributed by atoms with Gasteiger partial charge in [-0.1, -0.05) is 13.8 Å². The van der Waals surface area contributed by atoms with Crippen molar-refractivity contribution in [2.75, 3.05) is 18.1 Å². The fraction of sp³-hybridized carbons (Fsp3) is 0.769. The van der Waals surface area contributed by atoms with E-state index in [1.807, 2.05) is 18.7 Å². The zero-order valence-corrected chi connectivity index (χ0v) is 13.1. The van der Waals surface area contributed by atoms with Gasteiger partial charge in [0, 0.05) is 18.8 Å². The first-order valence-electron chi connectivity index (χ1n) is 6.84. The Balaban J connectivity index is 2.66. The number of hydrogen-bond donors (Lipinski definition) is 1. The number of hydrogen-bond acceptors (Lipinski definition) is 4. The van der Waals surface area contributed by atoms with Crippen LogP contribution in [0, 0.1) is 6.92 Å². The van der Waals surface area contributed by atoms with Crippen LogP contribution in [0.1, 0.15) is 44.1 Å². The van der Waals surface area contributed by atoms with Gasteiger partial charge in [-0.15, -0.1) is 0 Å². The normalized spacial score (nSPS) is 13.7. The molecule has 1 aromatic heterocycles. The maximum atomic E-state index is 11.5. The highest BCUT2D eigenvalue weighted by atomic mass is 32.2. The van der Waals surface area contributed by atoms with E-state index in [-0.39, 0.29) is 17.5 Å². The van der Waals surface area contributed by atoms with E-state index in [9.17, 15) is 8.42 Å². The van der Waals surface area contributed by atoms with E-state index >= 15 is 0 Å². The van der Waals surface area contributed by atoms with Gasteiger partial charge in [-0.05, 0) is 32.4 Å². The first-order valence-corrected chi connectivity index (χ1v) is 8.66. The summed E-state index contributed by atoms with van der Waals surface area (Å²) in [4.78, 5) is 0. The second kappa shape index (κ2) is 7.05. The zero-order valence-electron chi connectivity index (χ0n) is 12.3. The molecule has 19 heavy (non-hydrogen) atoms. The Labute approximate surface area is 116 Å². The van der Waals surface area contributed by atoms with Crippen LogP contribution in [0.15, 0.2) is 6.07 Å². The highest BCUT2D eigenvalue weighted by Gasteiger charge is 2.16. The number of nitrogens with zero attached hydrogens (tertiary/aromatic N) is 2. The molecule has 1 atom stereocenters. The summed E-state index contributed by atoms with van der Waals surface area (Å²) in [5.74, 6) is 0.492. The van der Waals surface area contributed by atoms with Gasteiger partial charge in [0.2, 0.25) is 0 Å². The van der Waals surface area contributed by atoms with Crippen LogP contribution in [-0.2, 0) is 16.9 Å². The van der Waals surface area contributed by atoms with Crippen LogP contribution in [0.4, 0.5) is 0 Å². The molecule has 0 amide bonds. The van der Waals surface area contributed by atoms with Gasteiger partial charge < -0.3 is 5.32 Å². The molecule has 6 heteroatoms. The van der Waals surface area contributed by atoms with Gasteiger partial charge in [-0.2, -0.15) is 5.10 Å². The minimum absolute atomic E-state index is 0.170. The first kappa shape index (κ1) is 16.2. The number of sulfone groups is 1. The summed E-state index contributed by atoms with van der Waals surface area (Å²) in [7, 11) is -0.941. The van der Waals surface area contributed by atoms with E-state index in [0.717, 1.165) is 24.4 Å². The molecule has 1 unspecified atom stereocenters. The Morgan fingerprint density at radius 1 is 1.42 bits per heavy atom. The predicted octanol–water partition coefficient (Wildman–Crippen LogP) is 1.59. The Morgan fingerprint density at radius 3 is 2.58 bits per heavy atom. The standard InChI is InChI=1S/C13H25N3O2S/c1-5-14-12(8-7-9-19(17,18)6-2)13-10-11(3)15-16(13)4/h10,12,14H,5-9H2,1-4H3. The second-order valence-corrected chi connectivity index (χ2v) is 7.30. The quantitative estimate of drug-likeness (QED) is 0.788. The summed E-state index contributed by atoms with van der Waals surface area (Å²) >= 11 is 0. The summed E-state index contributed by atoms with van der Waals surface area (Å²) in [6, 6.07) is 2.23. The molecule has 1 heterocycles. The topological polar surface area (TPSA) is 64.0 Å². The smallest absolute Gasteiger partial charge is 0.150 e. The van der Waals surface area contributed by atoms with E-state index < -0.39 is 9.84 Å². The molecular formula is C13H25N3O2S. The lowest BCUT2D eigenvalue weighted by atomic mass is 10.1. The van der Waals surface area contributed by atoms with Gasteiger partial charge in [0.1, 0.15) is 9.84 Å². The van der Waals surface area contributed by atoms with Crippen LogP contribution in [0.5, 0.6) is 0 Å². The Bertz CT molecular complexity index is 494. The maximum Gasteiger partial charge on any atom is 0.150 e. The van der Waals surface area contributed by atoms with Gasteiger partial charge in [0.15, 0.2) is 0 Å². The van der Waals surface area contributed by atoms with Gasteiger partial charge in [-0.3, -0.25) is 4.68 Å². The van der Waals surface area contributed by atoms with Crippen LogP contribution < -0.4 is 5.32 Å². The fourth-order valence-electron chi connectivity index (χ4n) is 2.21. The molecular weight excluding hydrogens is 262 g/mol. The number of aromatic nitrogens is 2. The molecule has 1 rings (SSSR count). The minimum atomic E-state index is -2.87. The third-order valence-electron chi connectivity index (χ3n) is 3.23. The first-order chi connectivity index (χ1) is 8.89. The predicted molar refractivity (Wildman–Crippen MR) is 77.9 cm³/mol. The van der Waals surface area contributed by atoms with Crippen LogP contribution in [0.2, 0.25) is 0 Å². The summed E-state index contributed by atoms with van der Waals surface area (Å²) in [5, 5.41) is 7.75. The summed E-state index contributed by atoms with van der Waals surface area (Å²) in [6.07, 6.45) is 1.49. The van der Waals surface area contributed by atoms with E-state index in [1.165, 1.54) is 0 Å². The SMILES string of the molecule is CCNC(CCCS(=O)(=O)CC)c1cc(C)nn1C. The van der Waals surface area contributed by atoms with Crippen LogP contribution in [0.3, 0.4) is 0 Å². The number of nitrogens with one attached hydrogen (secondary N) is 1. The molecule has 0 fully saturated rings. The lowest BCUT2D eigenvalue weighted by Gasteiger charge is -2.18. The van der Waals surface area contributed by atoms with Crippen molar-refractivity contribution >= 4 is 9.84 Å². The van der Waals surface area contributed by atoms with Crippen molar-refractivity contribution < 1.29 is 8.42 Å². The van der Waals surface area contributed by atoms with Crippen LogP contribution in [0.25, 0.3) is 0 Å². The Hall–Kier alpha value is -0.880. The van der Waals surface area contributed by atoms with Crippen molar-refractivity contribution in [1.82, 2.24) is 15.1 Å². The molecule has 5 nitrogen and oxygen atoms in total. The molecule has 0 radical (unpaired) electrons. The van der Waals surface area contributed by atoms with E-state index in [0.29, 0.717) is 6.42 Å². The molecule has 0 saturated heterocycles. The van der Waals surface area contributed by atoms with Crippen LogP contribution >= 0.6 is 0 Å². The lowest BCUT2D eigenvalue weighted by Crippen LogP contribution is -2.24. The van der Waals surface area contributed by atoms with Crippen molar-refractivity contribution in [3.05, 3.63) is 17.5 Å². The monoisotopic (exact) mass is 287 g/mol. The average molecular weight is 287 g/mol. The molecule has 1 N–H and O–H groups in total. The second-order valence-electron chi connectivity index (χ2n) is 4.82. The molecule has 1 aromatic rings. The van der Waals surface area contributed by atoms with Crippen molar-refractivity contribution in [3.8, 4) is 0 Å². The zero-order chi connectivity index (χ0) is 14.5.